The minimum Gasteiger partial charge on any atom is -0.490 e. The Labute approximate surface area is 232 Å². The van der Waals surface area contributed by atoms with E-state index in [4.69, 9.17) is 44.3 Å². The molecule has 0 aliphatic carbocycles. The molecule has 1 aliphatic rings. The summed E-state index contributed by atoms with van der Waals surface area (Å²) in [6.45, 7) is 1.98. The lowest BCUT2D eigenvalue weighted by atomic mass is 10.2. The Balaban J connectivity index is 1.43. The molecule has 11 heteroatoms. The Morgan fingerprint density at radius 2 is 1.78 bits per heavy atom. The van der Waals surface area contributed by atoms with Gasteiger partial charge in [0.15, 0.2) is 23.3 Å². The van der Waals surface area contributed by atoms with Gasteiger partial charge < -0.3 is 20.1 Å². The molecular formula is C26H20Cl3N3O4S. The average Bonchev–Trinajstić information content (AvgIpc) is 3.21. The Hall–Kier alpha value is -3.17. The molecule has 1 heterocycles. The zero-order valence-electron chi connectivity index (χ0n) is 19.4. The number of hydrogen-bond acceptors (Lipinski definition) is 6. The predicted octanol–water partition coefficient (Wildman–Crippen LogP) is 6.95. The third kappa shape index (κ3) is 7.42. The number of aliphatic imine (C=N–C) groups is 1. The molecule has 2 amide bonds. The highest BCUT2D eigenvalue weighted by Crippen LogP contribution is 2.33. The first-order valence-corrected chi connectivity index (χ1v) is 13.0. The molecular weight excluding hydrogens is 557 g/mol. The summed E-state index contributed by atoms with van der Waals surface area (Å²) in [4.78, 5) is 29.7. The molecule has 0 spiro atoms. The van der Waals surface area contributed by atoms with Crippen LogP contribution in [0.15, 0.2) is 70.6 Å². The van der Waals surface area contributed by atoms with E-state index in [1.54, 1.807) is 66.7 Å². The largest absolute Gasteiger partial charge is 0.490 e. The second kappa shape index (κ2) is 12.4. The third-order valence-electron chi connectivity index (χ3n) is 4.84. The van der Waals surface area contributed by atoms with E-state index < -0.39 is 0 Å². The maximum atomic E-state index is 12.5. The van der Waals surface area contributed by atoms with Crippen LogP contribution in [0, 0.1) is 0 Å². The van der Waals surface area contributed by atoms with Crippen molar-refractivity contribution in [2.75, 3.05) is 18.5 Å². The zero-order chi connectivity index (χ0) is 26.4. The molecule has 0 aromatic heterocycles. The smallest absolute Gasteiger partial charge is 0.264 e. The Kier molecular flexibility index (Phi) is 9.00. The molecule has 1 aliphatic heterocycles. The van der Waals surface area contributed by atoms with E-state index in [1.807, 2.05) is 6.92 Å². The molecule has 0 radical (unpaired) electrons. The summed E-state index contributed by atoms with van der Waals surface area (Å²) in [7, 11) is 0. The monoisotopic (exact) mass is 575 g/mol. The summed E-state index contributed by atoms with van der Waals surface area (Å²) >= 11 is 19.0. The van der Waals surface area contributed by atoms with Gasteiger partial charge in [-0.3, -0.25) is 9.59 Å². The molecule has 190 valence electrons. The van der Waals surface area contributed by atoms with Gasteiger partial charge in [-0.25, -0.2) is 4.99 Å². The first-order chi connectivity index (χ1) is 17.8. The van der Waals surface area contributed by atoms with E-state index in [0.717, 1.165) is 5.56 Å². The van der Waals surface area contributed by atoms with Crippen molar-refractivity contribution >= 4 is 81.0 Å². The number of ether oxygens (including phenoxy) is 2. The number of thioether (sulfide) groups is 1. The summed E-state index contributed by atoms with van der Waals surface area (Å²) < 4.78 is 11.4. The van der Waals surface area contributed by atoms with Gasteiger partial charge in [0.25, 0.3) is 11.8 Å². The van der Waals surface area contributed by atoms with Gasteiger partial charge in [0.1, 0.15) is 0 Å². The van der Waals surface area contributed by atoms with Gasteiger partial charge in [-0.05, 0) is 84.9 Å². The van der Waals surface area contributed by atoms with Crippen molar-refractivity contribution in [2.45, 2.75) is 6.92 Å². The van der Waals surface area contributed by atoms with Crippen LogP contribution in [-0.2, 0) is 9.59 Å². The van der Waals surface area contributed by atoms with Crippen LogP contribution < -0.4 is 20.1 Å². The standard InChI is InChI=1S/C26H20Cl3N3O4S/c1-2-35-22-11-15(12-23-25(34)32-26(37-23)31-17-6-4-16(27)5-7-17)3-10-21(22)36-14-24(33)30-18-8-9-19(28)20(29)13-18/h3-13H,2,14H2,1H3,(H,30,33)(H,31,32,34)/b23-12+. The molecule has 37 heavy (non-hydrogen) atoms. The predicted molar refractivity (Wildman–Crippen MR) is 150 cm³/mol. The van der Waals surface area contributed by atoms with E-state index in [0.29, 0.717) is 54.6 Å². The van der Waals surface area contributed by atoms with Gasteiger partial charge in [-0.1, -0.05) is 40.9 Å². The molecule has 2 N–H and O–H groups in total. The number of amidine groups is 1. The maximum Gasteiger partial charge on any atom is 0.264 e. The van der Waals surface area contributed by atoms with Crippen LogP contribution in [0.1, 0.15) is 12.5 Å². The highest BCUT2D eigenvalue weighted by molar-refractivity contribution is 8.18. The van der Waals surface area contributed by atoms with Crippen LogP contribution in [0.4, 0.5) is 11.4 Å². The lowest BCUT2D eigenvalue weighted by molar-refractivity contribution is -0.118. The van der Waals surface area contributed by atoms with E-state index in [9.17, 15) is 9.59 Å². The van der Waals surface area contributed by atoms with Gasteiger partial charge >= 0.3 is 0 Å². The second-order valence-corrected chi connectivity index (χ2v) is 9.84. The fourth-order valence-corrected chi connectivity index (χ4v) is 4.45. The maximum absolute atomic E-state index is 12.5. The summed E-state index contributed by atoms with van der Waals surface area (Å²) in [5.74, 6) is 0.202. The topological polar surface area (TPSA) is 89.0 Å². The van der Waals surface area contributed by atoms with Crippen molar-refractivity contribution in [3.63, 3.8) is 0 Å². The first-order valence-electron chi connectivity index (χ1n) is 11.0. The van der Waals surface area contributed by atoms with E-state index in [1.165, 1.54) is 11.8 Å². The number of carbonyl (C=O) groups is 2. The third-order valence-corrected chi connectivity index (χ3v) is 6.74. The summed E-state index contributed by atoms with van der Waals surface area (Å²) in [6, 6.07) is 17.0. The molecule has 3 aromatic rings. The molecule has 4 rings (SSSR count). The van der Waals surface area contributed by atoms with E-state index in [-0.39, 0.29) is 18.4 Å². The summed E-state index contributed by atoms with van der Waals surface area (Å²) in [5, 5.41) is 7.26. The van der Waals surface area contributed by atoms with Crippen LogP contribution >= 0.6 is 46.6 Å². The van der Waals surface area contributed by atoms with Crippen molar-refractivity contribution in [2.24, 2.45) is 4.99 Å². The van der Waals surface area contributed by atoms with Crippen LogP contribution in [0.2, 0.25) is 15.1 Å². The molecule has 0 atom stereocenters. The van der Waals surface area contributed by atoms with Crippen molar-refractivity contribution in [1.29, 1.82) is 0 Å². The van der Waals surface area contributed by atoms with Crippen molar-refractivity contribution in [1.82, 2.24) is 5.32 Å². The fourth-order valence-electron chi connectivity index (χ4n) is 3.18. The van der Waals surface area contributed by atoms with Gasteiger partial charge in [0.05, 0.1) is 27.2 Å². The molecule has 1 saturated heterocycles. The quantitative estimate of drug-likeness (QED) is 0.283. The Bertz CT molecular complexity index is 1390. The van der Waals surface area contributed by atoms with Gasteiger partial charge in [-0.15, -0.1) is 0 Å². The highest BCUT2D eigenvalue weighted by Gasteiger charge is 2.24. The molecule has 3 aromatic carbocycles. The molecule has 7 nitrogen and oxygen atoms in total. The van der Waals surface area contributed by atoms with Gasteiger partial charge in [0.2, 0.25) is 0 Å². The Morgan fingerprint density at radius 1 is 1.00 bits per heavy atom. The minimum absolute atomic E-state index is 0.246. The lowest BCUT2D eigenvalue weighted by Crippen LogP contribution is -2.20. The number of amides is 2. The number of nitrogens with one attached hydrogen (secondary N) is 2. The number of carbonyl (C=O) groups excluding carboxylic acids is 2. The Morgan fingerprint density at radius 3 is 2.51 bits per heavy atom. The number of benzene rings is 3. The zero-order valence-corrected chi connectivity index (χ0v) is 22.5. The second-order valence-electron chi connectivity index (χ2n) is 7.56. The number of hydrogen-bond donors (Lipinski definition) is 2. The minimum atomic E-state index is -0.376. The normalized spacial score (nSPS) is 15.1. The van der Waals surface area contributed by atoms with Gasteiger partial charge in [-0.2, -0.15) is 0 Å². The number of halogens is 3. The SMILES string of the molecule is CCOc1cc(/C=C2/SC(=Nc3ccc(Cl)cc3)NC2=O)ccc1OCC(=O)Nc1ccc(Cl)c(Cl)c1. The summed E-state index contributed by atoms with van der Waals surface area (Å²) in [6.07, 6.45) is 1.73. The van der Waals surface area contributed by atoms with Crippen molar-refractivity contribution in [3.05, 3.63) is 86.2 Å². The number of nitrogens with zero attached hydrogens (tertiary/aromatic N) is 1. The molecule has 0 bridgehead atoms. The van der Waals surface area contributed by atoms with Crippen LogP contribution in [0.3, 0.4) is 0 Å². The number of anilines is 1. The molecule has 0 unspecified atom stereocenters. The fraction of sp³-hybridized carbons (Fsp3) is 0.115. The lowest BCUT2D eigenvalue weighted by Gasteiger charge is -2.13. The van der Waals surface area contributed by atoms with Crippen molar-refractivity contribution < 1.29 is 19.1 Å². The van der Waals surface area contributed by atoms with Crippen LogP contribution in [-0.4, -0.2) is 30.2 Å². The van der Waals surface area contributed by atoms with E-state index >= 15 is 0 Å². The highest BCUT2D eigenvalue weighted by atomic mass is 35.5. The first kappa shape index (κ1) is 26.9. The van der Waals surface area contributed by atoms with E-state index in [2.05, 4.69) is 15.6 Å². The number of rotatable bonds is 8. The van der Waals surface area contributed by atoms with Crippen LogP contribution in [0.5, 0.6) is 11.5 Å². The molecule has 1 fully saturated rings. The van der Waals surface area contributed by atoms with Crippen molar-refractivity contribution in [3.8, 4) is 11.5 Å². The molecule has 0 saturated carbocycles. The average molecular weight is 577 g/mol. The summed E-state index contributed by atoms with van der Waals surface area (Å²) in [5.41, 5.74) is 1.90. The van der Waals surface area contributed by atoms with Gasteiger partial charge in [0, 0.05) is 10.7 Å². The van der Waals surface area contributed by atoms with Crippen LogP contribution in [0.25, 0.3) is 6.08 Å².